The molecule has 8 nitrogen and oxygen atoms in total. The molecule has 1 fully saturated rings. The van der Waals surface area contributed by atoms with Crippen molar-refractivity contribution in [2.75, 3.05) is 18.9 Å². The second-order valence-corrected chi connectivity index (χ2v) is 9.79. The number of benzene rings is 2. The minimum Gasteiger partial charge on any atom is -0.437 e. The van der Waals surface area contributed by atoms with Gasteiger partial charge in [0.2, 0.25) is 5.71 Å². The lowest BCUT2D eigenvalue weighted by Gasteiger charge is -2.35. The van der Waals surface area contributed by atoms with Gasteiger partial charge in [0, 0.05) is 18.2 Å². The molecule has 13 heteroatoms. The predicted octanol–water partition coefficient (Wildman–Crippen LogP) is 5.95. The minimum absolute atomic E-state index is 0.00255. The summed E-state index contributed by atoms with van der Waals surface area (Å²) in [5.41, 5.74) is -1.33. The number of hydrogen-bond donors (Lipinski definition) is 3. The van der Waals surface area contributed by atoms with E-state index in [2.05, 4.69) is 20.9 Å². The molecule has 1 aliphatic rings. The highest BCUT2D eigenvalue weighted by molar-refractivity contribution is 6.11. The number of carbonyl (C=O) groups is 2. The van der Waals surface area contributed by atoms with Crippen LogP contribution in [0.5, 0.6) is 0 Å². The van der Waals surface area contributed by atoms with E-state index in [0.29, 0.717) is 24.8 Å². The summed E-state index contributed by atoms with van der Waals surface area (Å²) in [6, 6.07) is 11.8. The summed E-state index contributed by atoms with van der Waals surface area (Å²) in [6.45, 7) is -1.48. The van der Waals surface area contributed by atoms with Crippen molar-refractivity contribution >= 4 is 28.7 Å². The smallest absolute Gasteiger partial charge is 0.405 e. The average Bonchev–Trinajstić information content (AvgIpc) is 3.31. The first-order valence-electron chi connectivity index (χ1n) is 12.7. The van der Waals surface area contributed by atoms with Crippen LogP contribution in [0.25, 0.3) is 33.6 Å². The predicted molar refractivity (Wildman–Crippen MR) is 142 cm³/mol. The van der Waals surface area contributed by atoms with Crippen LogP contribution >= 0.6 is 0 Å². The van der Waals surface area contributed by atoms with Gasteiger partial charge in [-0.1, -0.05) is 6.07 Å². The van der Waals surface area contributed by atoms with E-state index in [-0.39, 0.29) is 39.4 Å². The normalized spacial score (nSPS) is 14.1. The quantitative estimate of drug-likeness (QED) is 0.231. The lowest BCUT2D eigenvalue weighted by Crippen LogP contribution is -2.52. The Morgan fingerprint density at radius 2 is 1.74 bits per heavy atom. The van der Waals surface area contributed by atoms with E-state index in [1.165, 1.54) is 31.3 Å². The van der Waals surface area contributed by atoms with Gasteiger partial charge in [0.15, 0.2) is 0 Å². The molecule has 5 rings (SSSR count). The Hall–Kier alpha value is -4.99. The van der Waals surface area contributed by atoms with Gasteiger partial charge in [0.25, 0.3) is 11.8 Å². The molecule has 0 aliphatic heterocycles. The number of nitrogens with zero attached hydrogens (tertiary/aromatic N) is 2. The number of amides is 2. The van der Waals surface area contributed by atoms with Crippen LogP contribution in [0.2, 0.25) is 0 Å². The van der Waals surface area contributed by atoms with Gasteiger partial charge in [-0.05, 0) is 67.3 Å². The Balaban J connectivity index is 1.68. The third-order valence-corrected chi connectivity index (χ3v) is 7.00. The van der Waals surface area contributed by atoms with E-state index in [4.69, 9.17) is 4.42 Å². The maximum Gasteiger partial charge on any atom is 0.405 e. The molecule has 2 heterocycles. The molecule has 2 aromatic carbocycles. The molecule has 2 aromatic heterocycles. The number of carbonyl (C=O) groups excluding carboxylic acids is 2. The molecule has 4 aromatic rings. The van der Waals surface area contributed by atoms with E-state index < -0.39 is 47.3 Å². The molecule has 1 aliphatic carbocycles. The third kappa shape index (κ3) is 5.47. The molecule has 2 amide bonds. The number of nitrogens with one attached hydrogen (secondary N) is 3. The van der Waals surface area contributed by atoms with E-state index in [1.54, 1.807) is 0 Å². The highest BCUT2D eigenvalue weighted by Crippen LogP contribution is 2.39. The Bertz CT molecular complexity index is 1740. The van der Waals surface area contributed by atoms with Crippen molar-refractivity contribution in [2.24, 2.45) is 0 Å². The van der Waals surface area contributed by atoms with Crippen molar-refractivity contribution in [1.82, 2.24) is 15.6 Å². The number of furan rings is 1. The minimum atomic E-state index is -4.63. The van der Waals surface area contributed by atoms with Gasteiger partial charge in [-0.25, -0.2) is 8.78 Å². The van der Waals surface area contributed by atoms with Gasteiger partial charge in [-0.3, -0.25) is 9.59 Å². The third-order valence-electron chi connectivity index (χ3n) is 7.00. The zero-order chi connectivity index (χ0) is 30.2. The molecule has 216 valence electrons. The molecular weight excluding hydrogens is 561 g/mol. The molecule has 0 unspecified atom stereocenters. The van der Waals surface area contributed by atoms with Gasteiger partial charge in [0.1, 0.15) is 35.3 Å². The number of rotatable bonds is 7. The monoisotopic (exact) mass is 583 g/mol. The van der Waals surface area contributed by atoms with Crippen LogP contribution in [0.4, 0.5) is 27.8 Å². The second-order valence-electron chi connectivity index (χ2n) is 9.79. The number of alkyl halides is 3. The van der Waals surface area contributed by atoms with Crippen molar-refractivity contribution in [3.05, 3.63) is 71.3 Å². The molecular formula is C29H22F5N5O3. The first kappa shape index (κ1) is 28.5. The van der Waals surface area contributed by atoms with Crippen molar-refractivity contribution in [1.29, 1.82) is 5.26 Å². The zero-order valence-corrected chi connectivity index (χ0v) is 22.0. The Labute approximate surface area is 235 Å². The summed E-state index contributed by atoms with van der Waals surface area (Å²) in [6.07, 6.45) is -3.11. The average molecular weight is 584 g/mol. The maximum absolute atomic E-state index is 14.8. The molecule has 0 saturated heterocycles. The van der Waals surface area contributed by atoms with Crippen LogP contribution in [0.15, 0.2) is 52.9 Å². The van der Waals surface area contributed by atoms with Crippen LogP contribution in [-0.4, -0.2) is 42.1 Å². The summed E-state index contributed by atoms with van der Waals surface area (Å²) in [4.78, 5) is 30.1. The Morgan fingerprint density at radius 1 is 1.05 bits per heavy atom. The molecule has 42 heavy (non-hydrogen) atoms. The van der Waals surface area contributed by atoms with Gasteiger partial charge in [-0.15, -0.1) is 0 Å². The SMILES string of the molecule is CNC(=O)c1c(-c2ccc(F)cc2)oc2nc(NCC(F)(F)F)c(-c3ccc(F)c(C(=O)NC4(C#N)CCC4)c3)cc12. The van der Waals surface area contributed by atoms with E-state index in [0.717, 1.165) is 24.3 Å². The molecule has 1 saturated carbocycles. The number of halogens is 5. The summed E-state index contributed by atoms with van der Waals surface area (Å²) in [7, 11) is 1.37. The van der Waals surface area contributed by atoms with Gasteiger partial charge in [0.05, 0.1) is 22.6 Å². The van der Waals surface area contributed by atoms with E-state index >= 15 is 0 Å². The van der Waals surface area contributed by atoms with Gasteiger partial charge >= 0.3 is 6.18 Å². The summed E-state index contributed by atoms with van der Waals surface area (Å²) >= 11 is 0. The zero-order valence-electron chi connectivity index (χ0n) is 22.0. The molecule has 0 radical (unpaired) electrons. The highest BCUT2D eigenvalue weighted by Gasteiger charge is 2.39. The van der Waals surface area contributed by atoms with Gasteiger partial charge in [-0.2, -0.15) is 23.4 Å². The number of aromatic nitrogens is 1. The van der Waals surface area contributed by atoms with Crippen molar-refractivity contribution < 1.29 is 36.0 Å². The fourth-order valence-electron chi connectivity index (χ4n) is 4.66. The molecule has 0 bridgehead atoms. The number of fused-ring (bicyclic) bond motifs is 1. The highest BCUT2D eigenvalue weighted by atomic mass is 19.4. The van der Waals surface area contributed by atoms with Crippen LogP contribution in [0.1, 0.15) is 40.0 Å². The summed E-state index contributed by atoms with van der Waals surface area (Å²) < 4.78 is 73.8. The van der Waals surface area contributed by atoms with Crippen LogP contribution in [0, 0.1) is 23.0 Å². The van der Waals surface area contributed by atoms with Crippen LogP contribution in [0.3, 0.4) is 0 Å². The van der Waals surface area contributed by atoms with Crippen LogP contribution < -0.4 is 16.0 Å². The summed E-state index contributed by atoms with van der Waals surface area (Å²) in [5.74, 6) is -3.23. The maximum atomic E-state index is 14.8. The number of nitriles is 1. The first-order valence-corrected chi connectivity index (χ1v) is 12.7. The molecule has 0 atom stereocenters. The number of anilines is 1. The molecule has 0 spiro atoms. The van der Waals surface area contributed by atoms with E-state index in [9.17, 15) is 36.8 Å². The fraction of sp³-hybridized carbons (Fsp3) is 0.241. The largest absolute Gasteiger partial charge is 0.437 e. The standard InChI is InChI=1S/C29H22F5N5O3/c1-36-26(41)22-20-12-18(16-5-8-21(31)19(11-16)25(40)39-28(13-35)9-2-10-28)24(37-14-29(32,33)34)38-27(20)42-23(22)15-3-6-17(30)7-4-15/h3-8,11-12H,2,9-10,14H2,1H3,(H,36,41)(H,37,38)(H,39,40). The topological polar surface area (TPSA) is 120 Å². The van der Waals surface area contributed by atoms with Crippen molar-refractivity contribution in [2.45, 2.75) is 31.0 Å². The second kappa shape index (κ2) is 10.8. The van der Waals surface area contributed by atoms with E-state index in [1.807, 2.05) is 6.07 Å². The molecule has 3 N–H and O–H groups in total. The Kier molecular flexibility index (Phi) is 7.32. The first-order chi connectivity index (χ1) is 19.9. The Morgan fingerprint density at radius 3 is 2.33 bits per heavy atom. The number of hydrogen-bond acceptors (Lipinski definition) is 6. The van der Waals surface area contributed by atoms with Crippen molar-refractivity contribution in [3.8, 4) is 28.5 Å². The lowest BCUT2D eigenvalue weighted by atomic mass is 9.78. The van der Waals surface area contributed by atoms with Crippen LogP contribution in [-0.2, 0) is 0 Å². The number of pyridine rings is 1. The fourth-order valence-corrected chi connectivity index (χ4v) is 4.66. The van der Waals surface area contributed by atoms with Crippen molar-refractivity contribution in [3.63, 3.8) is 0 Å². The summed E-state index contributed by atoms with van der Waals surface area (Å²) in [5, 5.41) is 16.8. The van der Waals surface area contributed by atoms with Gasteiger partial charge < -0.3 is 20.4 Å². The lowest BCUT2D eigenvalue weighted by molar-refractivity contribution is -0.115.